The van der Waals surface area contributed by atoms with Crippen LogP contribution in [-0.4, -0.2) is 35.7 Å². The molecule has 1 atom stereocenters. The average Bonchev–Trinajstić information content (AvgIpc) is 3.16. The first-order valence-corrected chi connectivity index (χ1v) is 10.8. The van der Waals surface area contributed by atoms with Crippen molar-refractivity contribution >= 4 is 23.7 Å². The molecule has 0 bridgehead atoms. The Morgan fingerprint density at radius 2 is 1.62 bits per heavy atom. The Balaban J connectivity index is 1.40. The number of fused-ring (bicyclic) bond motifs is 3. The van der Waals surface area contributed by atoms with Crippen molar-refractivity contribution < 1.29 is 28.6 Å². The van der Waals surface area contributed by atoms with Gasteiger partial charge in [-0.1, -0.05) is 55.5 Å². The molecule has 0 saturated heterocycles. The second-order valence-corrected chi connectivity index (χ2v) is 7.92. The van der Waals surface area contributed by atoms with Crippen molar-refractivity contribution in [3.63, 3.8) is 0 Å². The van der Waals surface area contributed by atoms with Crippen LogP contribution in [0.15, 0.2) is 66.7 Å². The minimum atomic E-state index is -1.25. The average molecular weight is 462 g/mol. The topological polar surface area (TPSA) is 105 Å². The monoisotopic (exact) mass is 462 g/mol. The van der Waals surface area contributed by atoms with Crippen molar-refractivity contribution in [1.29, 1.82) is 0 Å². The summed E-state index contributed by atoms with van der Waals surface area (Å²) in [6.07, 6.45) is -0.556. The number of anilines is 1. The highest BCUT2D eigenvalue weighted by molar-refractivity contribution is 5.98. The fourth-order valence-corrected chi connectivity index (χ4v) is 4.11. The Hall–Kier alpha value is -4.20. The van der Waals surface area contributed by atoms with Gasteiger partial charge in [0.1, 0.15) is 18.5 Å². The van der Waals surface area contributed by atoms with Crippen LogP contribution < -0.4 is 10.6 Å². The third-order valence-electron chi connectivity index (χ3n) is 5.83. The minimum Gasteiger partial charge on any atom is -0.478 e. The molecule has 0 heterocycles. The normalized spacial score (nSPS) is 12.9. The van der Waals surface area contributed by atoms with Gasteiger partial charge >= 0.3 is 12.1 Å². The van der Waals surface area contributed by atoms with E-state index < -0.39 is 29.8 Å². The maximum Gasteiger partial charge on any atom is 0.407 e. The molecule has 8 heteroatoms. The minimum absolute atomic E-state index is 0.0905. The summed E-state index contributed by atoms with van der Waals surface area (Å²) in [5, 5.41) is 13.9. The van der Waals surface area contributed by atoms with Gasteiger partial charge in [-0.05, 0) is 46.9 Å². The molecule has 34 heavy (non-hydrogen) atoms. The summed E-state index contributed by atoms with van der Waals surface area (Å²) in [4.78, 5) is 36.2. The molecule has 0 aliphatic heterocycles. The maximum absolute atomic E-state index is 14.0. The van der Waals surface area contributed by atoms with Crippen LogP contribution in [-0.2, 0) is 9.53 Å². The van der Waals surface area contributed by atoms with Gasteiger partial charge in [0.25, 0.3) is 0 Å². The van der Waals surface area contributed by atoms with Gasteiger partial charge < -0.3 is 20.5 Å². The summed E-state index contributed by atoms with van der Waals surface area (Å²) in [5.41, 5.74) is 3.88. The van der Waals surface area contributed by atoms with Crippen molar-refractivity contribution in [2.75, 3.05) is 11.9 Å². The van der Waals surface area contributed by atoms with Gasteiger partial charge in [-0.15, -0.1) is 0 Å². The van der Waals surface area contributed by atoms with Crippen LogP contribution in [0.3, 0.4) is 0 Å². The molecule has 0 aromatic heterocycles. The lowest BCUT2D eigenvalue weighted by Crippen LogP contribution is -2.44. The predicted molar refractivity (Wildman–Crippen MR) is 124 cm³/mol. The SMILES string of the molecule is CC[C@H](NC(=O)OCC1c2ccccc2-c2ccccc21)C(=O)Nc1cc(C(=O)O)ccc1F. The van der Waals surface area contributed by atoms with Crippen molar-refractivity contribution in [2.45, 2.75) is 25.3 Å². The number of carbonyl (C=O) groups excluding carboxylic acids is 2. The molecule has 7 nitrogen and oxygen atoms in total. The number of alkyl carbamates (subject to hydrolysis) is 1. The van der Waals surface area contributed by atoms with Crippen LogP contribution in [0, 0.1) is 5.82 Å². The lowest BCUT2D eigenvalue weighted by molar-refractivity contribution is -0.118. The van der Waals surface area contributed by atoms with Crippen LogP contribution in [0.25, 0.3) is 11.1 Å². The number of hydrogen-bond acceptors (Lipinski definition) is 4. The number of carboxylic acids is 1. The fraction of sp³-hybridized carbons (Fsp3) is 0.192. The Morgan fingerprint density at radius 1 is 1.00 bits per heavy atom. The van der Waals surface area contributed by atoms with Crippen molar-refractivity contribution in [2.24, 2.45) is 0 Å². The third kappa shape index (κ3) is 4.61. The van der Waals surface area contributed by atoms with Gasteiger partial charge in [-0.3, -0.25) is 4.79 Å². The molecule has 0 radical (unpaired) electrons. The van der Waals surface area contributed by atoms with E-state index in [1.165, 1.54) is 0 Å². The predicted octanol–water partition coefficient (Wildman–Crippen LogP) is 4.78. The van der Waals surface area contributed by atoms with Crippen LogP contribution in [0.5, 0.6) is 0 Å². The van der Waals surface area contributed by atoms with E-state index in [0.717, 1.165) is 40.5 Å². The first kappa shape index (κ1) is 23.0. The van der Waals surface area contributed by atoms with Crippen LogP contribution in [0.1, 0.15) is 40.7 Å². The maximum atomic E-state index is 14.0. The molecule has 3 aromatic carbocycles. The molecule has 0 spiro atoms. The molecule has 4 rings (SSSR count). The van der Waals surface area contributed by atoms with Gasteiger partial charge in [0.15, 0.2) is 0 Å². The van der Waals surface area contributed by atoms with E-state index in [2.05, 4.69) is 10.6 Å². The molecule has 1 aliphatic rings. The second-order valence-electron chi connectivity index (χ2n) is 7.92. The Labute approximate surface area is 195 Å². The number of aromatic carboxylic acids is 1. The van der Waals surface area contributed by atoms with Gasteiger partial charge in [-0.25, -0.2) is 14.0 Å². The summed E-state index contributed by atoms with van der Waals surface area (Å²) in [6.45, 7) is 1.77. The summed E-state index contributed by atoms with van der Waals surface area (Å²) in [5.74, 6) is -2.84. The standard InChI is InChI=1S/C26H23FN2O5/c1-2-22(24(30)28-23-13-15(25(31)32)11-12-21(23)27)29-26(33)34-14-20-18-9-5-3-7-16(18)17-8-4-6-10-19(17)20/h3-13,20,22H,2,14H2,1H3,(H,28,30)(H,29,33)(H,31,32)/t22-/m0/s1. The molecule has 174 valence electrons. The van der Waals surface area contributed by atoms with E-state index in [4.69, 9.17) is 9.84 Å². The number of hydrogen-bond donors (Lipinski definition) is 3. The molecular weight excluding hydrogens is 439 g/mol. The van der Waals surface area contributed by atoms with Crippen LogP contribution >= 0.6 is 0 Å². The van der Waals surface area contributed by atoms with Crippen molar-refractivity contribution in [3.8, 4) is 11.1 Å². The van der Waals surface area contributed by atoms with Gasteiger partial charge in [0, 0.05) is 5.92 Å². The van der Waals surface area contributed by atoms with Gasteiger partial charge in [0.2, 0.25) is 5.91 Å². The Kier molecular flexibility index (Phi) is 6.58. The van der Waals surface area contributed by atoms with Crippen molar-refractivity contribution in [1.82, 2.24) is 5.32 Å². The summed E-state index contributed by atoms with van der Waals surface area (Å²) < 4.78 is 19.5. The zero-order valence-corrected chi connectivity index (χ0v) is 18.4. The molecule has 0 saturated carbocycles. The van der Waals surface area contributed by atoms with E-state index in [9.17, 15) is 18.8 Å². The number of carboxylic acid groups (broad SMARTS) is 1. The molecular formula is C26H23FN2O5. The smallest absolute Gasteiger partial charge is 0.407 e. The molecule has 1 aliphatic carbocycles. The zero-order chi connectivity index (χ0) is 24.2. The quantitative estimate of drug-likeness (QED) is 0.469. The summed E-state index contributed by atoms with van der Waals surface area (Å²) in [7, 11) is 0. The Bertz CT molecular complexity index is 1210. The lowest BCUT2D eigenvalue weighted by atomic mass is 9.98. The van der Waals surface area contributed by atoms with E-state index >= 15 is 0 Å². The van der Waals surface area contributed by atoms with Crippen molar-refractivity contribution in [3.05, 3.63) is 89.2 Å². The highest BCUT2D eigenvalue weighted by Crippen LogP contribution is 2.44. The van der Waals surface area contributed by atoms with Crippen LogP contribution in [0.4, 0.5) is 14.9 Å². The molecule has 0 fully saturated rings. The Morgan fingerprint density at radius 3 is 2.21 bits per heavy atom. The summed E-state index contributed by atoms with van der Waals surface area (Å²) in [6, 6.07) is 18.0. The molecule has 0 unspecified atom stereocenters. The molecule has 2 amide bonds. The number of rotatable bonds is 7. The lowest BCUT2D eigenvalue weighted by Gasteiger charge is -2.19. The first-order valence-electron chi connectivity index (χ1n) is 10.8. The number of amides is 2. The molecule has 3 N–H and O–H groups in total. The van der Waals surface area contributed by atoms with Crippen LogP contribution in [0.2, 0.25) is 0 Å². The first-order chi connectivity index (χ1) is 16.4. The number of ether oxygens (including phenoxy) is 1. The number of halogens is 1. The fourth-order valence-electron chi connectivity index (χ4n) is 4.11. The van der Waals surface area contributed by atoms with Gasteiger partial charge in [0.05, 0.1) is 11.3 Å². The van der Waals surface area contributed by atoms with E-state index in [-0.39, 0.29) is 30.2 Å². The highest BCUT2D eigenvalue weighted by Gasteiger charge is 2.29. The highest BCUT2D eigenvalue weighted by atomic mass is 19.1. The number of benzene rings is 3. The largest absolute Gasteiger partial charge is 0.478 e. The van der Waals surface area contributed by atoms with E-state index in [1.807, 2.05) is 48.5 Å². The second kappa shape index (κ2) is 9.74. The zero-order valence-electron chi connectivity index (χ0n) is 18.4. The third-order valence-corrected chi connectivity index (χ3v) is 5.83. The summed E-state index contributed by atoms with van der Waals surface area (Å²) >= 11 is 0. The number of carbonyl (C=O) groups is 3. The van der Waals surface area contributed by atoms with Gasteiger partial charge in [-0.2, -0.15) is 0 Å². The number of nitrogens with one attached hydrogen (secondary N) is 2. The molecule has 3 aromatic rings. The van der Waals surface area contributed by atoms with E-state index in [1.54, 1.807) is 6.92 Å². The van der Waals surface area contributed by atoms with E-state index in [0.29, 0.717) is 0 Å².